The number of benzene rings is 1. The largest absolute Gasteiger partial charge is 0.508 e. The molecule has 1 atom stereocenters. The molecule has 3 heteroatoms. The van der Waals surface area contributed by atoms with Gasteiger partial charge in [0, 0.05) is 6.54 Å². The molecule has 0 aliphatic heterocycles. The van der Waals surface area contributed by atoms with Crippen LogP contribution in [0.2, 0.25) is 1.41 Å². The highest BCUT2D eigenvalue weighted by molar-refractivity contribution is 5.28. The Kier molecular flexibility index (Phi) is 1.14. The van der Waals surface area contributed by atoms with E-state index in [9.17, 15) is 0 Å². The van der Waals surface area contributed by atoms with Gasteiger partial charge in [0.15, 0.2) is 0 Å². The standard InChI is InChI=1S/C9H13NO2/c1-10-6-9(12)7-3-2-4-8(11)5-7/h2-5,9-12H,6H2,1H3/i2D,3D,4D,5D,12D/hD2. The van der Waals surface area contributed by atoms with E-state index in [2.05, 4.69) is 10.2 Å². The van der Waals surface area contributed by atoms with Crippen molar-refractivity contribution >= 4 is 0 Å². The van der Waals surface area contributed by atoms with Crippen molar-refractivity contribution in [3.8, 4) is 5.75 Å². The topological polar surface area (TPSA) is 52.5 Å². The zero-order chi connectivity index (χ0) is 14.7. The van der Waals surface area contributed by atoms with E-state index >= 15 is 0 Å². The number of aromatic hydroxyl groups is 1. The third-order valence-electron chi connectivity index (χ3n) is 1.29. The summed E-state index contributed by atoms with van der Waals surface area (Å²) in [6.07, 6.45) is -1.11. The van der Waals surface area contributed by atoms with Crippen LogP contribution in [0.5, 0.6) is 5.75 Å². The van der Waals surface area contributed by atoms with Crippen LogP contribution in [0, 0.1) is 0 Å². The van der Waals surface area contributed by atoms with Crippen molar-refractivity contribution in [2.24, 2.45) is 0 Å². The molecule has 0 amide bonds. The lowest BCUT2D eigenvalue weighted by molar-refractivity contribution is 0.177. The van der Waals surface area contributed by atoms with Gasteiger partial charge in [-0.05, 0) is 24.7 Å². The van der Waals surface area contributed by atoms with Crippen LogP contribution in [0.25, 0.3) is 0 Å². The summed E-state index contributed by atoms with van der Waals surface area (Å²) in [5.74, 6) is -0.467. The van der Waals surface area contributed by atoms with Gasteiger partial charge in [0.1, 0.15) is 7.16 Å². The van der Waals surface area contributed by atoms with Crippen molar-refractivity contribution in [2.75, 3.05) is 13.6 Å². The molecule has 3 N–H and O–H groups in total. The van der Waals surface area contributed by atoms with Gasteiger partial charge in [-0.3, -0.25) is 0 Å². The fraction of sp³-hybridized carbons (Fsp3) is 0.333. The minimum absolute atomic E-state index is 0.102. The molecular weight excluding hydrogens is 154 g/mol. The van der Waals surface area contributed by atoms with Crippen molar-refractivity contribution in [1.29, 1.82) is 2.86 Å². The molecule has 12 heavy (non-hydrogen) atoms. The summed E-state index contributed by atoms with van der Waals surface area (Å²) in [7, 11) is 1.40. The minimum Gasteiger partial charge on any atom is -0.508 e. The van der Waals surface area contributed by atoms with Crippen LogP contribution in [0.3, 0.4) is 0 Å². The molecule has 3 nitrogen and oxygen atoms in total. The van der Waals surface area contributed by atoms with Gasteiger partial charge in [-0.2, -0.15) is 0 Å². The molecule has 0 aromatic heterocycles. The maximum atomic E-state index is 7.79. The second kappa shape index (κ2) is 4.09. The summed E-state index contributed by atoms with van der Waals surface area (Å²) in [4.78, 5) is 0. The molecule has 66 valence electrons. The molecule has 1 aromatic carbocycles. The van der Waals surface area contributed by atoms with Gasteiger partial charge in [-0.25, -0.2) is 0 Å². The van der Waals surface area contributed by atoms with Crippen molar-refractivity contribution < 1.29 is 17.1 Å². The highest BCUT2D eigenvalue weighted by Gasteiger charge is 2.05. The number of likely N-dealkylation sites (N-methyl/N-ethyl adjacent to an activating group) is 1. The summed E-state index contributed by atoms with van der Waals surface area (Å²) in [6.45, 7) is -0.102. The van der Waals surface area contributed by atoms with E-state index in [1.165, 1.54) is 7.05 Å². The molecule has 0 saturated heterocycles. The molecule has 0 spiro atoms. The minimum atomic E-state index is -1.11. The first-order chi connectivity index (χ1) is 8.84. The van der Waals surface area contributed by atoms with Gasteiger partial charge in [0.05, 0.1) is 11.6 Å². The Hall–Kier alpha value is -1.06. The highest BCUT2D eigenvalue weighted by Crippen LogP contribution is 2.17. The predicted octanol–water partition coefficient (Wildman–Crippen LogP) is 0.645. The van der Waals surface area contributed by atoms with Gasteiger partial charge in [0.25, 0.3) is 1.43 Å². The summed E-state index contributed by atoms with van der Waals surface area (Å²) < 4.78 is 51.7. The van der Waals surface area contributed by atoms with Crippen LogP contribution in [0.4, 0.5) is 0 Å². The first kappa shape index (κ1) is 3.36. The van der Waals surface area contributed by atoms with Gasteiger partial charge in [0.2, 0.25) is 1.43 Å². The van der Waals surface area contributed by atoms with Crippen LogP contribution in [-0.2, 0) is 0 Å². The summed E-state index contributed by atoms with van der Waals surface area (Å²) in [5.41, 5.74) is -0.141. The third-order valence-corrected chi connectivity index (χ3v) is 1.29. The smallest absolute Gasteiger partial charge is 0.293 e. The van der Waals surface area contributed by atoms with Crippen molar-refractivity contribution in [3.63, 3.8) is 0 Å². The fourth-order valence-corrected chi connectivity index (χ4v) is 0.758. The Labute approximate surface area is 81.7 Å². The molecule has 0 fully saturated rings. The number of phenolic OH excluding ortho intramolecular Hbond substituents is 1. The van der Waals surface area contributed by atoms with Gasteiger partial charge in [-0.1, -0.05) is 12.1 Å². The molecule has 0 heterocycles. The maximum absolute atomic E-state index is 7.79. The van der Waals surface area contributed by atoms with Gasteiger partial charge in [-0.15, -0.1) is 0 Å². The molecule has 1 aromatic rings. The normalized spacial score (nSPS) is 21.0. The lowest BCUT2D eigenvalue weighted by Crippen LogP contribution is -2.16. The van der Waals surface area contributed by atoms with Crippen LogP contribution in [0.1, 0.15) is 17.2 Å². The summed E-state index contributed by atoms with van der Waals surface area (Å²) >= 11 is 0. The number of rotatable bonds is 5. The zero-order valence-corrected chi connectivity index (χ0v) is 6.55. The number of phenols is 1. The quantitative estimate of drug-likeness (QED) is 0.614. The summed E-state index contributed by atoms with van der Waals surface area (Å²) in [6, 6.07) is -1.92. The number of aliphatic hydroxyl groups is 1. The first-order valence-electron chi connectivity index (χ1n) is 6.66. The molecule has 0 aliphatic rings. The van der Waals surface area contributed by atoms with Gasteiger partial charge >= 0.3 is 0 Å². The molecular formula is C9H13NO2. The molecule has 0 aliphatic carbocycles. The van der Waals surface area contributed by atoms with Crippen LogP contribution in [-0.4, -0.2) is 26.7 Å². The Balaban J connectivity index is 3.45. The average Bonchev–Trinajstić information content (AvgIpc) is 2.35. The first-order valence-corrected chi connectivity index (χ1v) is 3.40. The van der Waals surface area contributed by atoms with Crippen LogP contribution >= 0.6 is 0 Å². The van der Waals surface area contributed by atoms with Crippen LogP contribution in [0.15, 0.2) is 24.2 Å². The summed E-state index contributed by atoms with van der Waals surface area (Å²) in [5, 5.41) is 9.49. The van der Waals surface area contributed by atoms with E-state index in [4.69, 9.17) is 9.76 Å². The predicted molar refractivity (Wildman–Crippen MR) is 47.0 cm³/mol. The SMILES string of the molecule is [2H]Oc1c([2H])c([2H])c([2H])c(C(CN([2H])C)O[2H])c1[2H]. The number of hydrogen-bond acceptors (Lipinski definition) is 3. The van der Waals surface area contributed by atoms with E-state index < -0.39 is 36.0 Å². The highest BCUT2D eigenvalue weighted by atomic mass is 16.3. The molecule has 1 rings (SSSR count). The van der Waals surface area contributed by atoms with Crippen molar-refractivity contribution in [2.45, 2.75) is 6.10 Å². The zero-order valence-electron chi connectivity index (χ0n) is 13.5. The number of hydrogen-bond donors (Lipinski definition) is 3. The third kappa shape index (κ3) is 2.22. The number of nitrogens with one attached hydrogen (secondary N) is 1. The van der Waals surface area contributed by atoms with E-state index in [1.54, 1.807) is 0 Å². The second-order valence-corrected chi connectivity index (χ2v) is 2.23. The van der Waals surface area contributed by atoms with Gasteiger partial charge < -0.3 is 15.5 Å². The average molecular weight is 174 g/mol. The number of aliphatic hydroxyl groups excluding tert-OH is 1. The lowest BCUT2D eigenvalue weighted by atomic mass is 10.1. The van der Waals surface area contributed by atoms with E-state index in [1.807, 2.05) is 0 Å². The van der Waals surface area contributed by atoms with E-state index in [0.29, 0.717) is 0 Å². The fourth-order valence-electron chi connectivity index (χ4n) is 0.758. The second-order valence-electron chi connectivity index (χ2n) is 2.23. The molecule has 0 bridgehead atoms. The molecule has 1 unspecified atom stereocenters. The monoisotopic (exact) mass is 174 g/mol. The van der Waals surface area contributed by atoms with Crippen molar-refractivity contribution in [3.05, 3.63) is 29.7 Å². The molecule has 0 saturated carbocycles. The van der Waals surface area contributed by atoms with Crippen LogP contribution < -0.4 is 5.31 Å². The Bertz CT molecular complexity index is 469. The molecule has 0 radical (unpaired) electrons. The Morgan fingerprint density at radius 1 is 1.83 bits per heavy atom. The Morgan fingerprint density at radius 2 is 2.75 bits per heavy atom. The van der Waals surface area contributed by atoms with Crippen molar-refractivity contribution in [1.82, 2.24) is 5.31 Å². The van der Waals surface area contributed by atoms with E-state index in [-0.39, 0.29) is 12.1 Å². The lowest BCUT2D eigenvalue weighted by Gasteiger charge is -2.09. The Morgan fingerprint density at radius 3 is 3.42 bits per heavy atom. The maximum Gasteiger partial charge on any atom is 0.293 e. The van der Waals surface area contributed by atoms with E-state index in [0.717, 1.165) is 5.31 Å².